The SMILES string of the molecule is Cc1cccc(CNC(=O)[C@]2(C)Cn3cnc(C(=O)N4CCCC4)c3C(=O)N2C2CC2)c1. The number of aryl methyl sites for hydroxylation is 1. The number of benzene rings is 1. The summed E-state index contributed by atoms with van der Waals surface area (Å²) in [6.45, 7) is 5.92. The minimum absolute atomic E-state index is 0.0237. The number of carbonyl (C=O) groups is 3. The Labute approximate surface area is 187 Å². The molecular formula is C24H29N5O3. The number of imidazole rings is 1. The molecule has 2 aromatic rings. The molecule has 3 aliphatic rings. The summed E-state index contributed by atoms with van der Waals surface area (Å²) in [4.78, 5) is 47.9. The first kappa shape index (κ1) is 20.7. The Hall–Kier alpha value is -3.16. The van der Waals surface area contributed by atoms with Gasteiger partial charge in [-0.25, -0.2) is 4.98 Å². The summed E-state index contributed by atoms with van der Waals surface area (Å²) in [7, 11) is 0. The van der Waals surface area contributed by atoms with E-state index >= 15 is 0 Å². The molecule has 2 fully saturated rings. The summed E-state index contributed by atoms with van der Waals surface area (Å²) in [5.41, 5.74) is 1.64. The molecule has 8 nitrogen and oxygen atoms in total. The smallest absolute Gasteiger partial charge is 0.274 e. The molecule has 3 heterocycles. The van der Waals surface area contributed by atoms with E-state index in [0.29, 0.717) is 25.3 Å². The average Bonchev–Trinajstić information content (AvgIpc) is 3.26. The third kappa shape index (κ3) is 3.47. The van der Waals surface area contributed by atoms with Gasteiger partial charge >= 0.3 is 0 Å². The Kier molecular flexibility index (Phi) is 5.03. The van der Waals surface area contributed by atoms with E-state index in [1.54, 1.807) is 14.4 Å². The highest BCUT2D eigenvalue weighted by Gasteiger charge is 2.53. The van der Waals surface area contributed by atoms with Crippen molar-refractivity contribution < 1.29 is 14.4 Å². The molecule has 2 aliphatic heterocycles. The van der Waals surface area contributed by atoms with Crippen molar-refractivity contribution in [2.24, 2.45) is 0 Å². The zero-order chi connectivity index (χ0) is 22.5. The number of carbonyl (C=O) groups excluding carboxylic acids is 3. The van der Waals surface area contributed by atoms with Gasteiger partial charge in [-0.2, -0.15) is 0 Å². The van der Waals surface area contributed by atoms with Crippen molar-refractivity contribution in [3.63, 3.8) is 0 Å². The third-order valence-electron chi connectivity index (χ3n) is 6.80. The number of hydrogen-bond acceptors (Lipinski definition) is 4. The molecule has 1 aliphatic carbocycles. The number of rotatable bonds is 5. The molecule has 168 valence electrons. The topological polar surface area (TPSA) is 87.5 Å². The van der Waals surface area contributed by atoms with Crippen LogP contribution in [0.15, 0.2) is 30.6 Å². The van der Waals surface area contributed by atoms with E-state index in [4.69, 9.17) is 0 Å². The minimum Gasteiger partial charge on any atom is -0.350 e. The predicted octanol–water partition coefficient (Wildman–Crippen LogP) is 2.12. The zero-order valence-corrected chi connectivity index (χ0v) is 18.6. The monoisotopic (exact) mass is 435 g/mol. The van der Waals surface area contributed by atoms with Gasteiger partial charge in [0.1, 0.15) is 11.2 Å². The van der Waals surface area contributed by atoms with Crippen LogP contribution in [0.2, 0.25) is 0 Å². The van der Waals surface area contributed by atoms with Crippen molar-refractivity contribution in [3.8, 4) is 0 Å². The van der Waals surface area contributed by atoms with Gasteiger partial charge in [-0.05, 0) is 45.1 Å². The molecule has 1 N–H and O–H groups in total. The average molecular weight is 436 g/mol. The number of likely N-dealkylation sites (tertiary alicyclic amines) is 1. The zero-order valence-electron chi connectivity index (χ0n) is 18.6. The van der Waals surface area contributed by atoms with Crippen LogP contribution in [0.25, 0.3) is 0 Å². The van der Waals surface area contributed by atoms with Crippen LogP contribution in [0, 0.1) is 6.92 Å². The lowest BCUT2D eigenvalue weighted by Gasteiger charge is -2.44. The van der Waals surface area contributed by atoms with E-state index in [1.807, 2.05) is 38.1 Å². The van der Waals surface area contributed by atoms with Gasteiger partial charge in [0, 0.05) is 25.7 Å². The van der Waals surface area contributed by atoms with Gasteiger partial charge < -0.3 is 19.7 Å². The highest BCUT2D eigenvalue weighted by Crippen LogP contribution is 2.39. The second-order valence-corrected chi connectivity index (χ2v) is 9.42. The van der Waals surface area contributed by atoms with E-state index in [0.717, 1.165) is 36.8 Å². The van der Waals surface area contributed by atoms with Gasteiger partial charge in [0.2, 0.25) is 5.91 Å². The standard InChI is InChI=1S/C24H29N5O3/c1-16-6-5-7-17(12-16)13-25-23(32)24(2)14-28-15-26-19(21(30)27-10-3-4-11-27)20(28)22(31)29(24)18-8-9-18/h5-7,12,15,18H,3-4,8-11,13-14H2,1-2H3,(H,25,32)/t24-/m0/s1. The van der Waals surface area contributed by atoms with Crippen LogP contribution in [0.4, 0.5) is 0 Å². The third-order valence-corrected chi connectivity index (χ3v) is 6.80. The molecule has 1 saturated heterocycles. The first-order valence-corrected chi connectivity index (χ1v) is 11.4. The van der Waals surface area contributed by atoms with Crippen LogP contribution >= 0.6 is 0 Å². The summed E-state index contributed by atoms with van der Waals surface area (Å²) >= 11 is 0. The van der Waals surface area contributed by atoms with Crippen molar-refractivity contribution >= 4 is 17.7 Å². The van der Waals surface area contributed by atoms with Crippen molar-refractivity contribution in [1.82, 2.24) is 24.7 Å². The van der Waals surface area contributed by atoms with Gasteiger partial charge in [0.25, 0.3) is 11.8 Å². The number of fused-ring (bicyclic) bond motifs is 1. The fourth-order valence-electron chi connectivity index (χ4n) is 4.98. The van der Waals surface area contributed by atoms with Gasteiger partial charge in [0.15, 0.2) is 5.69 Å². The lowest BCUT2D eigenvalue weighted by Crippen LogP contribution is -2.64. The predicted molar refractivity (Wildman–Crippen MR) is 118 cm³/mol. The summed E-state index contributed by atoms with van der Waals surface area (Å²) in [5, 5.41) is 3.03. The highest BCUT2D eigenvalue weighted by atomic mass is 16.2. The number of nitrogens with zero attached hydrogens (tertiary/aromatic N) is 4. The Morgan fingerprint density at radius 1 is 1.22 bits per heavy atom. The Morgan fingerprint density at radius 3 is 2.66 bits per heavy atom. The molecular weight excluding hydrogens is 406 g/mol. The van der Waals surface area contributed by atoms with E-state index < -0.39 is 5.54 Å². The molecule has 1 aromatic carbocycles. The largest absolute Gasteiger partial charge is 0.350 e. The fourth-order valence-corrected chi connectivity index (χ4v) is 4.98. The second-order valence-electron chi connectivity index (χ2n) is 9.42. The molecule has 5 rings (SSSR count). The first-order valence-electron chi connectivity index (χ1n) is 11.4. The summed E-state index contributed by atoms with van der Waals surface area (Å²) in [6, 6.07) is 8.02. The van der Waals surface area contributed by atoms with Gasteiger partial charge in [-0.1, -0.05) is 29.8 Å². The maximum absolute atomic E-state index is 13.7. The quantitative estimate of drug-likeness (QED) is 0.779. The van der Waals surface area contributed by atoms with Crippen LogP contribution in [0.3, 0.4) is 0 Å². The molecule has 3 amide bonds. The van der Waals surface area contributed by atoms with Crippen LogP contribution in [0.5, 0.6) is 0 Å². The minimum atomic E-state index is -1.04. The Balaban J connectivity index is 1.42. The van der Waals surface area contributed by atoms with Crippen LogP contribution in [-0.2, 0) is 17.9 Å². The lowest BCUT2D eigenvalue weighted by molar-refractivity contribution is -0.133. The maximum Gasteiger partial charge on any atom is 0.274 e. The maximum atomic E-state index is 13.7. The van der Waals surface area contributed by atoms with Gasteiger partial charge in [-0.3, -0.25) is 14.4 Å². The summed E-state index contributed by atoms with van der Waals surface area (Å²) in [5.74, 6) is -0.647. The van der Waals surface area contributed by atoms with E-state index in [-0.39, 0.29) is 36.0 Å². The van der Waals surface area contributed by atoms with Crippen LogP contribution < -0.4 is 5.32 Å². The van der Waals surface area contributed by atoms with Crippen LogP contribution in [-0.4, -0.2) is 61.7 Å². The molecule has 0 unspecified atom stereocenters. The van der Waals surface area contributed by atoms with Crippen molar-refractivity contribution in [2.75, 3.05) is 13.1 Å². The van der Waals surface area contributed by atoms with Crippen molar-refractivity contribution in [2.45, 2.75) is 64.2 Å². The molecule has 0 radical (unpaired) electrons. The highest BCUT2D eigenvalue weighted by molar-refractivity contribution is 6.07. The normalized spacial score (nSPS) is 22.8. The summed E-state index contributed by atoms with van der Waals surface area (Å²) in [6.07, 6.45) is 5.23. The first-order chi connectivity index (χ1) is 15.4. The second kappa shape index (κ2) is 7.76. The Bertz CT molecular complexity index is 1080. The lowest BCUT2D eigenvalue weighted by atomic mass is 9.93. The number of nitrogens with one attached hydrogen (secondary N) is 1. The molecule has 1 atom stereocenters. The summed E-state index contributed by atoms with van der Waals surface area (Å²) < 4.78 is 1.69. The van der Waals surface area contributed by atoms with Gasteiger partial charge in [0.05, 0.1) is 12.9 Å². The van der Waals surface area contributed by atoms with Crippen molar-refractivity contribution in [3.05, 3.63) is 53.1 Å². The number of amides is 3. The number of aromatic nitrogens is 2. The molecule has 1 saturated carbocycles. The fraction of sp³-hybridized carbons (Fsp3) is 0.500. The number of hydrogen-bond donors (Lipinski definition) is 1. The van der Waals surface area contributed by atoms with Gasteiger partial charge in [-0.15, -0.1) is 0 Å². The molecule has 8 heteroatoms. The van der Waals surface area contributed by atoms with E-state index in [9.17, 15) is 14.4 Å². The van der Waals surface area contributed by atoms with Crippen LogP contribution in [0.1, 0.15) is 64.7 Å². The molecule has 1 aromatic heterocycles. The Morgan fingerprint density at radius 2 is 1.97 bits per heavy atom. The van der Waals surface area contributed by atoms with Crippen molar-refractivity contribution in [1.29, 1.82) is 0 Å². The molecule has 32 heavy (non-hydrogen) atoms. The molecule has 0 bridgehead atoms. The molecule has 0 spiro atoms. The van der Waals surface area contributed by atoms with E-state index in [1.165, 1.54) is 6.33 Å². The van der Waals surface area contributed by atoms with E-state index in [2.05, 4.69) is 10.3 Å².